The molecule has 0 fully saturated rings. The van der Waals surface area contributed by atoms with Gasteiger partial charge in [-0.1, -0.05) is 65.8 Å². The van der Waals surface area contributed by atoms with Crippen LogP contribution in [0.3, 0.4) is 0 Å². The van der Waals surface area contributed by atoms with Gasteiger partial charge in [-0.05, 0) is 5.56 Å². The van der Waals surface area contributed by atoms with Crippen LogP contribution in [0.2, 0.25) is 0 Å². The molecule has 3 rings (SSSR count). The summed E-state index contributed by atoms with van der Waals surface area (Å²) in [5.41, 5.74) is 1.82. The summed E-state index contributed by atoms with van der Waals surface area (Å²) in [6.07, 6.45) is 0. The topological polar surface area (TPSA) is 68.0 Å². The van der Waals surface area contributed by atoms with Gasteiger partial charge in [-0.15, -0.1) is 0 Å². The van der Waals surface area contributed by atoms with Crippen LogP contribution in [-0.4, -0.2) is 16.0 Å². The molecular formula is C16H13N3O2. The molecule has 0 bridgehead atoms. The van der Waals surface area contributed by atoms with Crippen LogP contribution >= 0.6 is 0 Å². The Morgan fingerprint density at radius 1 is 1.00 bits per heavy atom. The van der Waals surface area contributed by atoms with E-state index in [2.05, 4.69) is 15.5 Å². The largest absolute Gasteiger partial charge is 0.344 e. The molecule has 0 aliphatic heterocycles. The monoisotopic (exact) mass is 279 g/mol. The normalized spacial score (nSPS) is 10.3. The highest BCUT2D eigenvalue weighted by Crippen LogP contribution is 2.14. The fourth-order valence-corrected chi connectivity index (χ4v) is 1.87. The zero-order valence-corrected chi connectivity index (χ0v) is 11.2. The van der Waals surface area contributed by atoms with Crippen LogP contribution in [0.4, 0.5) is 0 Å². The zero-order valence-electron chi connectivity index (χ0n) is 11.2. The van der Waals surface area contributed by atoms with E-state index in [1.165, 1.54) is 0 Å². The highest BCUT2D eigenvalue weighted by atomic mass is 16.5. The summed E-state index contributed by atoms with van der Waals surface area (Å²) in [6, 6.07) is 19.0. The molecule has 1 aromatic heterocycles. The number of carbonyl (C=O) groups is 1. The van der Waals surface area contributed by atoms with E-state index in [1.807, 2.05) is 60.7 Å². The minimum Gasteiger partial charge on any atom is -0.344 e. The maximum absolute atomic E-state index is 12.0. The molecule has 1 amide bonds. The molecule has 1 heterocycles. The summed E-state index contributed by atoms with van der Waals surface area (Å²) in [7, 11) is 0. The van der Waals surface area contributed by atoms with Crippen LogP contribution < -0.4 is 5.32 Å². The molecule has 0 atom stereocenters. The third-order valence-corrected chi connectivity index (χ3v) is 2.95. The molecule has 3 aromatic rings. The van der Waals surface area contributed by atoms with Crippen LogP contribution in [0, 0.1) is 0 Å². The fourth-order valence-electron chi connectivity index (χ4n) is 1.87. The molecule has 0 spiro atoms. The van der Waals surface area contributed by atoms with Gasteiger partial charge in [-0.2, -0.15) is 4.98 Å². The summed E-state index contributed by atoms with van der Waals surface area (Å²) < 4.78 is 5.00. The van der Waals surface area contributed by atoms with Crippen LogP contribution in [0.15, 0.2) is 65.2 Å². The van der Waals surface area contributed by atoms with Gasteiger partial charge in [0.2, 0.25) is 5.82 Å². The number of aromatic nitrogens is 2. The van der Waals surface area contributed by atoms with E-state index < -0.39 is 0 Å². The SMILES string of the molecule is O=C(NCc1ccccc1)c1nc(-c2ccccc2)no1. The number of hydrogen-bond donors (Lipinski definition) is 1. The highest BCUT2D eigenvalue weighted by Gasteiger charge is 2.15. The van der Waals surface area contributed by atoms with Gasteiger partial charge in [0.05, 0.1) is 0 Å². The van der Waals surface area contributed by atoms with Crippen LogP contribution in [0.25, 0.3) is 11.4 Å². The smallest absolute Gasteiger partial charge is 0.316 e. The van der Waals surface area contributed by atoms with Crippen molar-refractivity contribution >= 4 is 5.91 Å². The lowest BCUT2D eigenvalue weighted by Crippen LogP contribution is -2.23. The number of hydrogen-bond acceptors (Lipinski definition) is 4. The standard InChI is InChI=1S/C16H13N3O2/c20-15(17-11-12-7-3-1-4-8-12)16-18-14(19-21-16)13-9-5-2-6-10-13/h1-10H,11H2,(H,17,20). The summed E-state index contributed by atoms with van der Waals surface area (Å²) in [5, 5.41) is 6.56. The molecule has 2 aromatic carbocycles. The molecule has 0 unspecified atom stereocenters. The Bertz CT molecular complexity index is 724. The third kappa shape index (κ3) is 3.14. The fraction of sp³-hybridized carbons (Fsp3) is 0.0625. The Morgan fingerprint density at radius 2 is 1.67 bits per heavy atom. The van der Waals surface area contributed by atoms with Crippen molar-refractivity contribution < 1.29 is 9.32 Å². The number of nitrogens with one attached hydrogen (secondary N) is 1. The van der Waals surface area contributed by atoms with Crippen molar-refractivity contribution in [3.63, 3.8) is 0 Å². The second-order valence-corrected chi connectivity index (χ2v) is 4.46. The Morgan fingerprint density at radius 3 is 2.38 bits per heavy atom. The maximum Gasteiger partial charge on any atom is 0.316 e. The Kier molecular flexibility index (Phi) is 3.73. The summed E-state index contributed by atoms with van der Waals surface area (Å²) in [5.74, 6) is -0.0150. The van der Waals surface area contributed by atoms with E-state index in [1.54, 1.807) is 0 Å². The van der Waals surface area contributed by atoms with E-state index >= 15 is 0 Å². The summed E-state index contributed by atoms with van der Waals surface area (Å²) in [4.78, 5) is 16.1. The van der Waals surface area contributed by atoms with E-state index in [0.29, 0.717) is 12.4 Å². The molecule has 0 aliphatic rings. The number of rotatable bonds is 4. The Balaban J connectivity index is 1.67. The Labute approximate surface area is 121 Å². The lowest BCUT2D eigenvalue weighted by molar-refractivity contribution is 0.0907. The number of benzene rings is 2. The first kappa shape index (κ1) is 13.1. The van der Waals surface area contributed by atoms with E-state index in [0.717, 1.165) is 11.1 Å². The second-order valence-electron chi connectivity index (χ2n) is 4.46. The quantitative estimate of drug-likeness (QED) is 0.797. The molecule has 0 aliphatic carbocycles. The minimum atomic E-state index is -0.381. The van der Waals surface area contributed by atoms with Crippen molar-refractivity contribution in [3.8, 4) is 11.4 Å². The molecule has 1 N–H and O–H groups in total. The predicted octanol–water partition coefficient (Wildman–Crippen LogP) is 2.67. The first-order valence-electron chi connectivity index (χ1n) is 6.54. The van der Waals surface area contributed by atoms with Gasteiger partial charge in [-0.3, -0.25) is 4.79 Å². The van der Waals surface area contributed by atoms with Gasteiger partial charge in [0.15, 0.2) is 0 Å². The van der Waals surface area contributed by atoms with Crippen LogP contribution in [0.1, 0.15) is 16.2 Å². The molecule has 5 nitrogen and oxygen atoms in total. The average molecular weight is 279 g/mol. The maximum atomic E-state index is 12.0. The van der Waals surface area contributed by atoms with E-state index in [4.69, 9.17) is 4.52 Å². The number of carbonyl (C=O) groups excluding carboxylic acids is 1. The van der Waals surface area contributed by atoms with Crippen molar-refractivity contribution in [2.45, 2.75) is 6.54 Å². The van der Waals surface area contributed by atoms with Crippen LogP contribution in [-0.2, 0) is 6.54 Å². The van der Waals surface area contributed by atoms with Gasteiger partial charge in [-0.25, -0.2) is 0 Å². The van der Waals surface area contributed by atoms with E-state index in [-0.39, 0.29) is 11.8 Å². The first-order valence-corrected chi connectivity index (χ1v) is 6.54. The van der Waals surface area contributed by atoms with Crippen molar-refractivity contribution in [1.29, 1.82) is 0 Å². The van der Waals surface area contributed by atoms with Gasteiger partial charge < -0.3 is 9.84 Å². The van der Waals surface area contributed by atoms with Gasteiger partial charge in [0.25, 0.3) is 0 Å². The lowest BCUT2D eigenvalue weighted by Gasteiger charge is -2.01. The van der Waals surface area contributed by atoms with Gasteiger partial charge in [0, 0.05) is 12.1 Å². The summed E-state index contributed by atoms with van der Waals surface area (Å²) in [6.45, 7) is 0.419. The van der Waals surface area contributed by atoms with Crippen LogP contribution in [0.5, 0.6) is 0 Å². The van der Waals surface area contributed by atoms with Crippen molar-refractivity contribution in [1.82, 2.24) is 15.5 Å². The lowest BCUT2D eigenvalue weighted by atomic mass is 10.2. The Hall–Kier alpha value is -2.95. The van der Waals surface area contributed by atoms with Gasteiger partial charge >= 0.3 is 11.8 Å². The molecule has 0 saturated heterocycles. The highest BCUT2D eigenvalue weighted by molar-refractivity contribution is 5.89. The molecular weight excluding hydrogens is 266 g/mol. The molecule has 104 valence electrons. The van der Waals surface area contributed by atoms with Crippen molar-refractivity contribution in [2.75, 3.05) is 0 Å². The first-order chi connectivity index (χ1) is 10.3. The molecule has 0 radical (unpaired) electrons. The molecule has 0 saturated carbocycles. The number of amides is 1. The third-order valence-electron chi connectivity index (χ3n) is 2.95. The zero-order chi connectivity index (χ0) is 14.5. The van der Waals surface area contributed by atoms with Gasteiger partial charge in [0.1, 0.15) is 0 Å². The summed E-state index contributed by atoms with van der Waals surface area (Å²) >= 11 is 0. The van der Waals surface area contributed by atoms with Crippen molar-refractivity contribution in [3.05, 3.63) is 72.1 Å². The van der Waals surface area contributed by atoms with Crippen molar-refractivity contribution in [2.24, 2.45) is 0 Å². The number of nitrogens with zero attached hydrogens (tertiary/aromatic N) is 2. The molecule has 5 heteroatoms. The predicted molar refractivity (Wildman–Crippen MR) is 77.3 cm³/mol. The second kappa shape index (κ2) is 6.00. The molecule has 21 heavy (non-hydrogen) atoms. The minimum absolute atomic E-state index is 0.0372. The average Bonchev–Trinajstić information content (AvgIpc) is 3.04. The van der Waals surface area contributed by atoms with E-state index in [9.17, 15) is 4.79 Å².